The highest BCUT2D eigenvalue weighted by molar-refractivity contribution is 5.18. The van der Waals surface area contributed by atoms with Crippen molar-refractivity contribution in [3.8, 4) is 0 Å². The maximum Gasteiger partial charge on any atom is 0.129 e. The van der Waals surface area contributed by atoms with Crippen LogP contribution in [0.1, 0.15) is 5.56 Å². The van der Waals surface area contributed by atoms with Crippen LogP contribution in [-0.2, 0) is 6.42 Å². The third kappa shape index (κ3) is 3.93. The Bertz CT molecular complexity index is 315. The van der Waals surface area contributed by atoms with Gasteiger partial charge in [-0.25, -0.2) is 8.78 Å². The molecule has 1 N–H and O–H groups in total. The summed E-state index contributed by atoms with van der Waals surface area (Å²) in [6, 6.07) is 3.71. The summed E-state index contributed by atoms with van der Waals surface area (Å²) in [5.74, 6) is -0.993. The van der Waals surface area contributed by atoms with Crippen LogP contribution in [0.25, 0.3) is 0 Å². The maximum absolute atomic E-state index is 13.2. The summed E-state index contributed by atoms with van der Waals surface area (Å²) in [5.41, 5.74) is 0.555. The lowest BCUT2D eigenvalue weighted by molar-refractivity contribution is 0.320. The predicted octanol–water partition coefficient (Wildman–Crippen LogP) is 1.62. The van der Waals surface area contributed by atoms with E-state index in [2.05, 4.69) is 5.32 Å². The maximum atomic E-state index is 13.2. The van der Waals surface area contributed by atoms with Gasteiger partial charge in [0.05, 0.1) is 0 Å². The quantitative estimate of drug-likeness (QED) is 0.749. The summed E-state index contributed by atoms with van der Waals surface area (Å²) in [7, 11) is 3.80. The molecule has 0 saturated carbocycles. The second kappa shape index (κ2) is 5.78. The van der Waals surface area contributed by atoms with Crippen molar-refractivity contribution in [1.82, 2.24) is 10.2 Å². The Labute approximate surface area is 88.9 Å². The summed E-state index contributed by atoms with van der Waals surface area (Å²) >= 11 is 0. The lowest BCUT2D eigenvalue weighted by Gasteiger charge is -2.15. The van der Waals surface area contributed by atoms with Crippen LogP contribution >= 0.6 is 0 Å². The van der Waals surface area contributed by atoms with Crippen molar-refractivity contribution in [3.63, 3.8) is 0 Å². The predicted molar refractivity (Wildman–Crippen MR) is 56.6 cm³/mol. The van der Waals surface area contributed by atoms with Gasteiger partial charge in [-0.2, -0.15) is 0 Å². The van der Waals surface area contributed by atoms with Gasteiger partial charge in [-0.05, 0) is 32.1 Å². The molecule has 0 aromatic heterocycles. The zero-order valence-electron chi connectivity index (χ0n) is 9.06. The van der Waals surface area contributed by atoms with E-state index >= 15 is 0 Å². The van der Waals surface area contributed by atoms with Crippen LogP contribution in [0, 0.1) is 11.6 Å². The fourth-order valence-corrected chi connectivity index (χ4v) is 1.38. The number of rotatable bonds is 5. The summed E-state index contributed by atoms with van der Waals surface area (Å²) < 4.78 is 25.8. The first-order valence-electron chi connectivity index (χ1n) is 4.90. The SMILES string of the molecule is CNCN(C)CCc1ccc(F)cc1F. The molecule has 0 amide bonds. The smallest absolute Gasteiger partial charge is 0.129 e. The zero-order valence-corrected chi connectivity index (χ0v) is 9.06. The molecule has 0 saturated heterocycles. The lowest BCUT2D eigenvalue weighted by Crippen LogP contribution is -2.30. The Morgan fingerprint density at radius 3 is 2.67 bits per heavy atom. The zero-order chi connectivity index (χ0) is 11.3. The van der Waals surface area contributed by atoms with Gasteiger partial charge < -0.3 is 5.32 Å². The Hall–Kier alpha value is -1.00. The van der Waals surface area contributed by atoms with Gasteiger partial charge in [0.1, 0.15) is 11.6 Å². The number of nitrogens with one attached hydrogen (secondary N) is 1. The first kappa shape index (κ1) is 12.1. The number of hydrogen-bond donors (Lipinski definition) is 1. The van der Waals surface area contributed by atoms with Crippen molar-refractivity contribution in [2.75, 3.05) is 27.3 Å². The van der Waals surface area contributed by atoms with Gasteiger partial charge in [-0.3, -0.25) is 4.90 Å². The highest BCUT2D eigenvalue weighted by atomic mass is 19.1. The van der Waals surface area contributed by atoms with Gasteiger partial charge in [-0.1, -0.05) is 6.07 Å². The fraction of sp³-hybridized carbons (Fsp3) is 0.455. The van der Waals surface area contributed by atoms with Crippen LogP contribution < -0.4 is 5.32 Å². The molecule has 1 rings (SSSR count). The van der Waals surface area contributed by atoms with Crippen molar-refractivity contribution in [2.24, 2.45) is 0 Å². The van der Waals surface area contributed by atoms with Gasteiger partial charge in [-0.15, -0.1) is 0 Å². The van der Waals surface area contributed by atoms with E-state index in [1.807, 2.05) is 19.0 Å². The van der Waals surface area contributed by atoms with E-state index in [4.69, 9.17) is 0 Å². The topological polar surface area (TPSA) is 15.3 Å². The molecule has 15 heavy (non-hydrogen) atoms. The molecule has 0 aliphatic heterocycles. The van der Waals surface area contributed by atoms with E-state index < -0.39 is 11.6 Å². The van der Waals surface area contributed by atoms with Crippen molar-refractivity contribution < 1.29 is 8.78 Å². The molecule has 1 aromatic rings. The third-order valence-electron chi connectivity index (χ3n) is 2.21. The van der Waals surface area contributed by atoms with E-state index in [1.54, 1.807) is 0 Å². The normalized spacial score (nSPS) is 11.0. The molecule has 0 aliphatic carbocycles. The van der Waals surface area contributed by atoms with E-state index in [1.165, 1.54) is 12.1 Å². The Kier molecular flexibility index (Phi) is 4.65. The van der Waals surface area contributed by atoms with Crippen LogP contribution in [-0.4, -0.2) is 32.2 Å². The van der Waals surface area contributed by atoms with Gasteiger partial charge in [0.25, 0.3) is 0 Å². The second-order valence-electron chi connectivity index (χ2n) is 3.58. The molecule has 0 unspecified atom stereocenters. The van der Waals surface area contributed by atoms with Gasteiger partial charge in [0.15, 0.2) is 0 Å². The standard InChI is InChI=1S/C11H16F2N2/c1-14-8-15(2)6-5-9-3-4-10(12)7-11(9)13/h3-4,7,14H,5-6,8H2,1-2H3. The largest absolute Gasteiger partial charge is 0.307 e. The molecule has 0 atom stereocenters. The summed E-state index contributed by atoms with van der Waals surface area (Å²) in [5, 5.41) is 3.00. The molecule has 2 nitrogen and oxygen atoms in total. The number of likely N-dealkylation sites (N-methyl/N-ethyl adjacent to an activating group) is 1. The first-order chi connectivity index (χ1) is 7.13. The molecule has 1 aromatic carbocycles. The minimum atomic E-state index is -0.528. The van der Waals surface area contributed by atoms with Gasteiger partial charge in [0, 0.05) is 19.3 Å². The molecular formula is C11H16F2N2. The van der Waals surface area contributed by atoms with Crippen LogP contribution in [0.2, 0.25) is 0 Å². The number of hydrogen-bond acceptors (Lipinski definition) is 2. The summed E-state index contributed by atoms with van der Waals surface area (Å²) in [6.45, 7) is 1.49. The third-order valence-corrected chi connectivity index (χ3v) is 2.21. The Morgan fingerprint density at radius 1 is 1.33 bits per heavy atom. The average Bonchev–Trinajstić information content (AvgIpc) is 2.17. The summed E-state index contributed by atoms with van der Waals surface area (Å²) in [6.07, 6.45) is 0.588. The van der Waals surface area contributed by atoms with Crippen LogP contribution in [0.3, 0.4) is 0 Å². The molecule has 0 spiro atoms. The van der Waals surface area contributed by atoms with E-state index in [0.29, 0.717) is 12.0 Å². The molecule has 0 heterocycles. The monoisotopic (exact) mass is 214 g/mol. The lowest BCUT2D eigenvalue weighted by atomic mass is 10.1. The molecule has 0 bridgehead atoms. The molecule has 0 radical (unpaired) electrons. The molecule has 84 valence electrons. The highest BCUT2D eigenvalue weighted by Crippen LogP contribution is 2.10. The van der Waals surface area contributed by atoms with Crippen LogP contribution in [0.4, 0.5) is 8.78 Å². The number of halogens is 2. The van der Waals surface area contributed by atoms with Crippen molar-refractivity contribution in [2.45, 2.75) is 6.42 Å². The average molecular weight is 214 g/mol. The van der Waals surface area contributed by atoms with E-state index in [0.717, 1.165) is 19.3 Å². The minimum absolute atomic E-state index is 0.465. The molecule has 0 aliphatic rings. The Balaban J connectivity index is 2.50. The van der Waals surface area contributed by atoms with Crippen molar-refractivity contribution >= 4 is 0 Å². The molecular weight excluding hydrogens is 198 g/mol. The van der Waals surface area contributed by atoms with E-state index in [-0.39, 0.29) is 0 Å². The van der Waals surface area contributed by atoms with E-state index in [9.17, 15) is 8.78 Å². The van der Waals surface area contributed by atoms with Gasteiger partial charge in [0.2, 0.25) is 0 Å². The minimum Gasteiger partial charge on any atom is -0.307 e. The fourth-order valence-electron chi connectivity index (χ4n) is 1.38. The Morgan fingerprint density at radius 2 is 2.07 bits per heavy atom. The van der Waals surface area contributed by atoms with Crippen LogP contribution in [0.5, 0.6) is 0 Å². The second-order valence-corrected chi connectivity index (χ2v) is 3.58. The first-order valence-corrected chi connectivity index (χ1v) is 4.90. The molecule has 4 heteroatoms. The number of benzene rings is 1. The summed E-state index contributed by atoms with van der Waals surface area (Å²) in [4.78, 5) is 2.03. The van der Waals surface area contributed by atoms with Crippen LogP contribution in [0.15, 0.2) is 18.2 Å². The van der Waals surface area contributed by atoms with Gasteiger partial charge >= 0.3 is 0 Å². The van der Waals surface area contributed by atoms with Crippen molar-refractivity contribution in [3.05, 3.63) is 35.4 Å². The highest BCUT2D eigenvalue weighted by Gasteiger charge is 2.04. The number of nitrogens with zero attached hydrogens (tertiary/aromatic N) is 1. The van der Waals surface area contributed by atoms with Crippen molar-refractivity contribution in [1.29, 1.82) is 0 Å². The molecule has 0 fully saturated rings.